The highest BCUT2D eigenvalue weighted by atomic mass is 28.3. The van der Waals surface area contributed by atoms with Crippen LogP contribution in [0.1, 0.15) is 64.7 Å². The van der Waals surface area contributed by atoms with E-state index in [0.29, 0.717) is 53.9 Å². The normalized spacial score (nSPS) is 15.9. The number of likely N-dealkylation sites (tertiary alicyclic amines) is 1. The number of fused-ring (bicyclic) bond motifs is 1. The fraction of sp³-hybridized carbons (Fsp3) is 0.625. The molecule has 0 aliphatic carbocycles. The number of hydrogen-bond acceptors (Lipinski definition) is 4. The molecule has 1 aliphatic rings. The summed E-state index contributed by atoms with van der Waals surface area (Å²) in [4.78, 5) is 31.1. The summed E-state index contributed by atoms with van der Waals surface area (Å²) < 4.78 is 7.98. The summed E-state index contributed by atoms with van der Waals surface area (Å²) in [6.45, 7) is 14.6. The lowest BCUT2D eigenvalue weighted by atomic mass is 9.88. The van der Waals surface area contributed by atoms with Crippen molar-refractivity contribution in [1.82, 2.24) is 14.1 Å². The molecule has 7 nitrogen and oxygen atoms in total. The van der Waals surface area contributed by atoms with Crippen LogP contribution in [0, 0.1) is 5.92 Å². The number of carbonyl (C=O) groups is 2. The standard InChI is InChI=1S/C24H37N3O4Si/c1-15(2)32(16(3)4,17(5)6)27-13-10-19-21(20(31-7)14-25-23(19)27)22(28)18-8-11-26(12-9-18)24(29)30/h10,13-18H,8-9,11-12H2,1-7H3,(H,29,30). The predicted octanol–water partition coefficient (Wildman–Crippen LogP) is 5.64. The molecular weight excluding hydrogens is 422 g/mol. The molecule has 8 heteroatoms. The Labute approximate surface area is 191 Å². The van der Waals surface area contributed by atoms with Gasteiger partial charge >= 0.3 is 6.09 Å². The van der Waals surface area contributed by atoms with E-state index in [2.05, 4.69) is 52.0 Å². The Kier molecular flexibility index (Phi) is 7.02. The molecular formula is C24H37N3O4Si. The summed E-state index contributed by atoms with van der Waals surface area (Å²) in [6.07, 6.45) is 3.95. The number of nitrogens with zero attached hydrogens (tertiary/aromatic N) is 3. The highest BCUT2D eigenvalue weighted by Gasteiger charge is 2.46. The Morgan fingerprint density at radius 2 is 1.66 bits per heavy atom. The van der Waals surface area contributed by atoms with Crippen LogP contribution in [0.15, 0.2) is 18.5 Å². The molecule has 2 aromatic heterocycles. The largest absolute Gasteiger partial charge is 0.494 e. The Bertz CT molecular complexity index is 969. The van der Waals surface area contributed by atoms with Gasteiger partial charge in [-0.2, -0.15) is 0 Å². The van der Waals surface area contributed by atoms with Crippen molar-refractivity contribution in [3.63, 3.8) is 0 Å². The van der Waals surface area contributed by atoms with Gasteiger partial charge in [0.25, 0.3) is 0 Å². The third-order valence-corrected chi connectivity index (χ3v) is 14.2. The lowest BCUT2D eigenvalue weighted by Crippen LogP contribution is -2.51. The van der Waals surface area contributed by atoms with E-state index >= 15 is 0 Å². The van der Waals surface area contributed by atoms with Crippen LogP contribution in [0.5, 0.6) is 5.75 Å². The third kappa shape index (κ3) is 3.82. The van der Waals surface area contributed by atoms with Crippen LogP contribution >= 0.6 is 0 Å². The molecule has 3 rings (SSSR count). The molecule has 1 amide bonds. The molecule has 0 saturated carbocycles. The van der Waals surface area contributed by atoms with Gasteiger partial charge < -0.3 is 19.0 Å². The van der Waals surface area contributed by atoms with Crippen molar-refractivity contribution in [3.8, 4) is 5.75 Å². The molecule has 1 saturated heterocycles. The van der Waals surface area contributed by atoms with E-state index in [-0.39, 0.29) is 11.7 Å². The number of hydrogen-bond donors (Lipinski definition) is 1. The first-order valence-electron chi connectivity index (χ1n) is 11.6. The number of piperidine rings is 1. The zero-order chi connectivity index (χ0) is 23.8. The lowest BCUT2D eigenvalue weighted by molar-refractivity contribution is 0.0820. The number of carbonyl (C=O) groups excluding carboxylic acids is 1. The maximum absolute atomic E-state index is 13.7. The number of ketones is 1. The molecule has 1 fully saturated rings. The second-order valence-electron chi connectivity index (χ2n) is 9.88. The third-order valence-electron chi connectivity index (χ3n) is 7.47. The highest BCUT2D eigenvalue weighted by molar-refractivity contribution is 6.82. The number of amides is 1. The van der Waals surface area contributed by atoms with E-state index in [1.807, 2.05) is 6.07 Å². The lowest BCUT2D eigenvalue weighted by Gasteiger charge is -2.44. The van der Waals surface area contributed by atoms with Crippen LogP contribution in [0.4, 0.5) is 4.79 Å². The van der Waals surface area contributed by atoms with Crippen molar-refractivity contribution in [2.24, 2.45) is 5.92 Å². The average Bonchev–Trinajstić information content (AvgIpc) is 3.16. The molecule has 1 N–H and O–H groups in total. The molecule has 0 radical (unpaired) electrons. The molecule has 32 heavy (non-hydrogen) atoms. The first-order valence-corrected chi connectivity index (χ1v) is 13.8. The topological polar surface area (TPSA) is 84.7 Å². The zero-order valence-corrected chi connectivity index (χ0v) is 21.4. The van der Waals surface area contributed by atoms with E-state index in [1.54, 1.807) is 13.3 Å². The van der Waals surface area contributed by atoms with Crippen LogP contribution in [0.25, 0.3) is 11.0 Å². The monoisotopic (exact) mass is 459 g/mol. The maximum Gasteiger partial charge on any atom is 0.407 e. The first kappa shape index (κ1) is 24.3. The van der Waals surface area contributed by atoms with Crippen molar-refractivity contribution in [2.75, 3.05) is 20.2 Å². The fourth-order valence-electron chi connectivity index (χ4n) is 6.16. The van der Waals surface area contributed by atoms with Gasteiger partial charge in [0.1, 0.15) is 11.4 Å². The summed E-state index contributed by atoms with van der Waals surface area (Å²) in [6, 6.07) is 2.03. The van der Waals surface area contributed by atoms with Gasteiger partial charge in [0, 0.05) is 24.4 Å². The first-order chi connectivity index (χ1) is 15.1. The Morgan fingerprint density at radius 1 is 1.09 bits per heavy atom. The zero-order valence-electron chi connectivity index (χ0n) is 20.4. The van der Waals surface area contributed by atoms with Gasteiger partial charge in [0.15, 0.2) is 14.0 Å². The van der Waals surface area contributed by atoms with Crippen molar-refractivity contribution in [1.29, 1.82) is 0 Å². The summed E-state index contributed by atoms with van der Waals surface area (Å²) in [5, 5.41) is 10.1. The van der Waals surface area contributed by atoms with Crippen molar-refractivity contribution >= 4 is 31.1 Å². The second kappa shape index (κ2) is 9.25. The SMILES string of the molecule is COc1cnc2c(ccn2[Si](C(C)C)(C(C)C)C(C)C)c1C(=O)C1CCN(C(=O)O)CC1. The fourth-order valence-corrected chi connectivity index (χ4v) is 12.7. The maximum atomic E-state index is 13.7. The van der Waals surface area contributed by atoms with E-state index in [0.717, 1.165) is 11.0 Å². The smallest absolute Gasteiger partial charge is 0.407 e. The molecule has 2 aromatic rings. The average molecular weight is 460 g/mol. The van der Waals surface area contributed by atoms with E-state index in [1.165, 1.54) is 4.90 Å². The van der Waals surface area contributed by atoms with Gasteiger partial charge in [-0.3, -0.25) is 4.79 Å². The minimum Gasteiger partial charge on any atom is -0.494 e. The summed E-state index contributed by atoms with van der Waals surface area (Å²) in [7, 11) is -0.464. The molecule has 0 bridgehead atoms. The van der Waals surface area contributed by atoms with E-state index in [4.69, 9.17) is 9.72 Å². The van der Waals surface area contributed by atoms with Gasteiger partial charge in [-0.1, -0.05) is 41.5 Å². The molecule has 176 valence electrons. The van der Waals surface area contributed by atoms with Gasteiger partial charge in [0.2, 0.25) is 0 Å². The number of methoxy groups -OCH3 is 1. The van der Waals surface area contributed by atoms with Crippen LogP contribution in [0.3, 0.4) is 0 Å². The molecule has 0 atom stereocenters. The van der Waals surface area contributed by atoms with Gasteiger partial charge in [-0.15, -0.1) is 0 Å². The number of aromatic nitrogens is 2. The van der Waals surface area contributed by atoms with Gasteiger partial charge in [-0.25, -0.2) is 9.78 Å². The number of pyridine rings is 1. The van der Waals surface area contributed by atoms with Crippen LogP contribution in [-0.2, 0) is 0 Å². The summed E-state index contributed by atoms with van der Waals surface area (Å²) in [5.74, 6) is 0.311. The summed E-state index contributed by atoms with van der Waals surface area (Å²) in [5.41, 5.74) is 2.95. The van der Waals surface area contributed by atoms with E-state index in [9.17, 15) is 14.7 Å². The van der Waals surface area contributed by atoms with Crippen LogP contribution < -0.4 is 4.74 Å². The molecule has 0 unspecified atom stereocenters. The van der Waals surface area contributed by atoms with Crippen molar-refractivity contribution < 1.29 is 19.4 Å². The molecule has 0 aromatic carbocycles. The van der Waals surface area contributed by atoms with Crippen molar-refractivity contribution in [2.45, 2.75) is 71.0 Å². The molecule has 1 aliphatic heterocycles. The van der Waals surface area contributed by atoms with Crippen LogP contribution in [-0.4, -0.2) is 59.5 Å². The number of rotatable bonds is 7. The summed E-state index contributed by atoms with van der Waals surface area (Å²) >= 11 is 0. The van der Waals surface area contributed by atoms with Crippen molar-refractivity contribution in [3.05, 3.63) is 24.0 Å². The number of carboxylic acid groups (broad SMARTS) is 1. The number of ether oxygens (including phenoxy) is 1. The molecule has 3 heterocycles. The Balaban J connectivity index is 2.12. The highest BCUT2D eigenvalue weighted by Crippen LogP contribution is 2.45. The van der Waals surface area contributed by atoms with E-state index < -0.39 is 14.3 Å². The number of Topliss-reactive ketones (excluding diaryl/α,β-unsaturated/α-hetero) is 1. The van der Waals surface area contributed by atoms with Gasteiger partial charge in [-0.05, 0) is 41.7 Å². The Morgan fingerprint density at radius 3 is 2.12 bits per heavy atom. The predicted molar refractivity (Wildman–Crippen MR) is 129 cm³/mol. The quantitative estimate of drug-likeness (QED) is 0.428. The van der Waals surface area contributed by atoms with Crippen LogP contribution in [0.2, 0.25) is 16.6 Å². The Hall–Kier alpha value is -2.35. The second-order valence-corrected chi connectivity index (χ2v) is 15.6. The molecule has 0 spiro atoms. The van der Waals surface area contributed by atoms with Gasteiger partial charge in [0.05, 0.1) is 18.9 Å². The minimum absolute atomic E-state index is 0.0305. The minimum atomic E-state index is -2.03.